The Bertz CT molecular complexity index is 913. The van der Waals surface area contributed by atoms with E-state index in [1.165, 1.54) is 0 Å². The van der Waals surface area contributed by atoms with Gasteiger partial charge in [0, 0.05) is 49.8 Å². The smallest absolute Gasteiger partial charge is 0.142 e. The first-order valence-electron chi connectivity index (χ1n) is 9.72. The van der Waals surface area contributed by atoms with Crippen molar-refractivity contribution in [1.82, 2.24) is 9.88 Å². The number of rotatable bonds is 7. The Hall–Kier alpha value is -2.12. The topological polar surface area (TPSA) is 61.0 Å². The summed E-state index contributed by atoms with van der Waals surface area (Å²) in [5, 5.41) is 11.5. The summed E-state index contributed by atoms with van der Waals surface area (Å²) < 4.78 is 11.4. The minimum atomic E-state index is -0.521. The first-order chi connectivity index (χ1) is 13.7. The number of β-amino-alcohol motifs (C(OH)–C–C–N with tert-alkyl or cyclic N) is 1. The molecule has 8 heteroatoms. The lowest BCUT2D eigenvalue weighted by Gasteiger charge is -2.37. The van der Waals surface area contributed by atoms with Gasteiger partial charge in [-0.15, -0.1) is 24.8 Å². The summed E-state index contributed by atoms with van der Waals surface area (Å²) in [6.45, 7) is 4.54. The molecule has 0 amide bonds. The van der Waals surface area contributed by atoms with Gasteiger partial charge in [-0.3, -0.25) is 4.90 Å². The van der Waals surface area contributed by atoms with E-state index in [9.17, 15) is 5.11 Å². The molecular weight excluding hydrogens is 425 g/mol. The molecule has 4 rings (SSSR count). The third kappa shape index (κ3) is 5.52. The lowest BCUT2D eigenvalue weighted by Crippen LogP contribution is -2.49. The van der Waals surface area contributed by atoms with Crippen molar-refractivity contribution < 1.29 is 14.6 Å². The molecule has 30 heavy (non-hydrogen) atoms. The Morgan fingerprint density at radius 2 is 1.70 bits per heavy atom. The fourth-order valence-corrected chi connectivity index (χ4v) is 3.78. The maximum absolute atomic E-state index is 10.4. The van der Waals surface area contributed by atoms with Gasteiger partial charge in [-0.05, 0) is 30.3 Å². The molecule has 2 aromatic carbocycles. The second kappa shape index (κ2) is 11.3. The van der Waals surface area contributed by atoms with Gasteiger partial charge in [0.25, 0.3) is 0 Å². The van der Waals surface area contributed by atoms with Crippen molar-refractivity contribution in [3.05, 3.63) is 54.7 Å². The van der Waals surface area contributed by atoms with Crippen LogP contribution in [0.3, 0.4) is 0 Å². The first-order valence-corrected chi connectivity index (χ1v) is 9.72. The van der Waals surface area contributed by atoms with Crippen molar-refractivity contribution in [2.45, 2.75) is 6.10 Å². The summed E-state index contributed by atoms with van der Waals surface area (Å²) in [4.78, 5) is 7.80. The number of hydrogen-bond acceptors (Lipinski definition) is 5. The molecule has 6 nitrogen and oxygen atoms in total. The number of halogens is 2. The Kier molecular flexibility index (Phi) is 9.11. The lowest BCUT2D eigenvalue weighted by atomic mass is 10.2. The maximum Gasteiger partial charge on any atom is 0.142 e. The zero-order valence-corrected chi connectivity index (χ0v) is 18.6. The third-order valence-corrected chi connectivity index (χ3v) is 5.25. The number of anilines is 1. The molecule has 2 N–H and O–H groups in total. The molecule has 1 fully saturated rings. The predicted molar refractivity (Wildman–Crippen MR) is 126 cm³/mol. The van der Waals surface area contributed by atoms with E-state index in [2.05, 4.69) is 20.9 Å². The molecule has 0 bridgehead atoms. The number of aliphatic hydroxyl groups excluding tert-OH is 1. The average molecular weight is 454 g/mol. The summed E-state index contributed by atoms with van der Waals surface area (Å²) in [5.41, 5.74) is 2.17. The number of ether oxygens (including phenoxy) is 2. The second-order valence-electron chi connectivity index (χ2n) is 7.12. The highest BCUT2D eigenvalue weighted by atomic mass is 35.5. The highest BCUT2D eigenvalue weighted by Crippen LogP contribution is 2.28. The van der Waals surface area contributed by atoms with Crippen LogP contribution in [0, 0.1) is 0 Å². The van der Waals surface area contributed by atoms with Crippen LogP contribution >= 0.6 is 24.8 Å². The van der Waals surface area contributed by atoms with Gasteiger partial charge >= 0.3 is 0 Å². The molecule has 3 aromatic rings. The van der Waals surface area contributed by atoms with Crippen LogP contribution in [0.4, 0.5) is 5.69 Å². The molecule has 0 spiro atoms. The fraction of sp³-hybridized carbons (Fsp3) is 0.364. The van der Waals surface area contributed by atoms with E-state index < -0.39 is 6.10 Å². The normalized spacial score (nSPS) is 15.2. The molecule has 164 valence electrons. The standard InChI is InChI=1S/C22H27N3O3.2ClH/c1-27-22-7-3-2-6-20(22)25-13-11-24(12-14-25)15-17(26)16-28-21-8-4-5-19-18(21)9-10-23-19;;/h2-10,17,23,26H,11-16H2,1H3;2*1H/t17-;;/m0../s1. The number of aromatic nitrogens is 1. The molecule has 1 saturated heterocycles. The van der Waals surface area contributed by atoms with Crippen molar-refractivity contribution in [1.29, 1.82) is 0 Å². The maximum atomic E-state index is 10.4. The van der Waals surface area contributed by atoms with Crippen LogP contribution in [-0.2, 0) is 0 Å². The molecule has 1 aliphatic heterocycles. The van der Waals surface area contributed by atoms with Gasteiger partial charge in [0.15, 0.2) is 0 Å². The van der Waals surface area contributed by atoms with Crippen LogP contribution < -0.4 is 14.4 Å². The van der Waals surface area contributed by atoms with Gasteiger partial charge in [0.2, 0.25) is 0 Å². The van der Waals surface area contributed by atoms with Crippen molar-refractivity contribution >= 4 is 41.4 Å². The molecular formula is C22H29Cl2N3O3. The van der Waals surface area contributed by atoms with E-state index in [0.29, 0.717) is 6.54 Å². The number of para-hydroxylation sites is 2. The minimum absolute atomic E-state index is 0. The van der Waals surface area contributed by atoms with E-state index in [1.807, 2.05) is 48.7 Å². The highest BCUT2D eigenvalue weighted by Gasteiger charge is 2.21. The number of nitrogens with zero attached hydrogens (tertiary/aromatic N) is 2. The summed E-state index contributed by atoms with van der Waals surface area (Å²) in [6.07, 6.45) is 1.38. The third-order valence-electron chi connectivity index (χ3n) is 5.25. The average Bonchev–Trinajstić information content (AvgIpc) is 3.22. The van der Waals surface area contributed by atoms with Crippen LogP contribution in [0.25, 0.3) is 10.9 Å². The SMILES string of the molecule is COc1ccccc1N1CCN(C[C@H](O)COc2cccc3[nH]ccc23)CC1.Cl.Cl. The van der Waals surface area contributed by atoms with Gasteiger partial charge < -0.3 is 24.5 Å². The molecule has 1 aromatic heterocycles. The first kappa shape index (κ1) is 24.2. The minimum Gasteiger partial charge on any atom is -0.495 e. The van der Waals surface area contributed by atoms with Crippen molar-refractivity contribution in [3.8, 4) is 11.5 Å². The largest absolute Gasteiger partial charge is 0.495 e. The number of H-pyrrole nitrogens is 1. The van der Waals surface area contributed by atoms with Crippen LogP contribution in [0.2, 0.25) is 0 Å². The van der Waals surface area contributed by atoms with Gasteiger partial charge in [0.1, 0.15) is 24.2 Å². The van der Waals surface area contributed by atoms with Crippen LogP contribution in [0.15, 0.2) is 54.7 Å². The number of hydrogen-bond donors (Lipinski definition) is 2. The highest BCUT2D eigenvalue weighted by molar-refractivity contribution is 5.86. The quantitative estimate of drug-likeness (QED) is 0.572. The van der Waals surface area contributed by atoms with Crippen molar-refractivity contribution in [2.24, 2.45) is 0 Å². The molecule has 1 aliphatic rings. The molecule has 0 aliphatic carbocycles. The summed E-state index contributed by atoms with van der Waals surface area (Å²) in [7, 11) is 1.71. The van der Waals surface area contributed by atoms with E-state index in [1.54, 1.807) is 7.11 Å². The zero-order chi connectivity index (χ0) is 19.3. The van der Waals surface area contributed by atoms with Gasteiger partial charge in [0.05, 0.1) is 12.8 Å². The molecule has 0 radical (unpaired) electrons. The number of aliphatic hydroxyl groups is 1. The number of nitrogens with one attached hydrogen (secondary N) is 1. The van der Waals surface area contributed by atoms with E-state index in [4.69, 9.17) is 9.47 Å². The summed E-state index contributed by atoms with van der Waals surface area (Å²) in [5.74, 6) is 1.71. The number of fused-ring (bicyclic) bond motifs is 1. The Balaban J connectivity index is 0.00000160. The molecule has 2 heterocycles. The van der Waals surface area contributed by atoms with E-state index in [-0.39, 0.29) is 31.4 Å². The summed E-state index contributed by atoms with van der Waals surface area (Å²) >= 11 is 0. The Morgan fingerprint density at radius 1 is 0.967 bits per heavy atom. The zero-order valence-electron chi connectivity index (χ0n) is 17.0. The molecule has 1 atom stereocenters. The Morgan fingerprint density at radius 3 is 2.47 bits per heavy atom. The Labute approximate surface area is 189 Å². The van der Waals surface area contributed by atoms with Crippen LogP contribution in [0.1, 0.15) is 0 Å². The summed E-state index contributed by atoms with van der Waals surface area (Å²) in [6, 6.07) is 16.0. The molecule has 0 unspecified atom stereocenters. The molecule has 0 saturated carbocycles. The number of methoxy groups -OCH3 is 1. The fourth-order valence-electron chi connectivity index (χ4n) is 3.78. The van der Waals surface area contributed by atoms with E-state index in [0.717, 1.165) is 54.3 Å². The van der Waals surface area contributed by atoms with Crippen molar-refractivity contribution in [3.63, 3.8) is 0 Å². The lowest BCUT2D eigenvalue weighted by molar-refractivity contribution is 0.0668. The monoisotopic (exact) mass is 453 g/mol. The predicted octanol–water partition coefficient (Wildman–Crippen LogP) is 3.58. The van der Waals surface area contributed by atoms with Crippen LogP contribution in [-0.4, -0.2) is 67.5 Å². The second-order valence-corrected chi connectivity index (χ2v) is 7.12. The van der Waals surface area contributed by atoms with Crippen LogP contribution in [0.5, 0.6) is 11.5 Å². The number of piperazine rings is 1. The van der Waals surface area contributed by atoms with E-state index >= 15 is 0 Å². The van der Waals surface area contributed by atoms with Crippen molar-refractivity contribution in [2.75, 3.05) is 51.3 Å². The van der Waals surface area contributed by atoms with Gasteiger partial charge in [-0.1, -0.05) is 18.2 Å². The van der Waals surface area contributed by atoms with Gasteiger partial charge in [-0.2, -0.15) is 0 Å². The number of benzene rings is 2. The number of aromatic amines is 1. The van der Waals surface area contributed by atoms with Gasteiger partial charge in [-0.25, -0.2) is 0 Å².